The minimum absolute atomic E-state index is 0.170. The van der Waals surface area contributed by atoms with E-state index in [0.717, 1.165) is 29.6 Å². The molecule has 1 saturated heterocycles. The van der Waals surface area contributed by atoms with Crippen LogP contribution >= 0.6 is 11.6 Å². The second-order valence-electron chi connectivity index (χ2n) is 10.8. The Bertz CT molecular complexity index is 1800. The lowest BCUT2D eigenvalue weighted by atomic mass is 10.1. The Hall–Kier alpha value is -3.67. The molecule has 11 nitrogen and oxygen atoms in total. The summed E-state index contributed by atoms with van der Waals surface area (Å²) in [4.78, 5) is 38.1. The quantitative estimate of drug-likeness (QED) is 0.310. The first-order valence-electron chi connectivity index (χ1n) is 13.6. The summed E-state index contributed by atoms with van der Waals surface area (Å²) < 4.78 is 12.1. The molecule has 4 aromatic heterocycles. The Morgan fingerprint density at radius 2 is 1.93 bits per heavy atom. The van der Waals surface area contributed by atoms with Gasteiger partial charge in [0.05, 0.1) is 19.8 Å². The van der Waals surface area contributed by atoms with Gasteiger partial charge >= 0.3 is 5.69 Å². The van der Waals surface area contributed by atoms with Crippen LogP contribution in [-0.2, 0) is 31.4 Å². The summed E-state index contributed by atoms with van der Waals surface area (Å²) in [5.74, 6) is 0.774. The number of aromatic nitrogens is 7. The van der Waals surface area contributed by atoms with Gasteiger partial charge in [0.25, 0.3) is 5.56 Å². The number of nitrogens with one attached hydrogen (secondary N) is 1. The lowest BCUT2D eigenvalue weighted by Gasteiger charge is -2.26. The molecule has 6 rings (SSSR count). The van der Waals surface area contributed by atoms with Crippen molar-refractivity contribution in [3.63, 3.8) is 0 Å². The van der Waals surface area contributed by atoms with E-state index in [1.165, 1.54) is 4.57 Å². The van der Waals surface area contributed by atoms with E-state index in [1.807, 2.05) is 56.1 Å². The maximum Gasteiger partial charge on any atom is 0.332 e. The summed E-state index contributed by atoms with van der Waals surface area (Å²) in [6.07, 6.45) is 5.47. The maximum absolute atomic E-state index is 14.2. The lowest BCUT2D eigenvalue weighted by molar-refractivity contribution is 0.0361. The molecular formula is C28H33ClN8O3. The van der Waals surface area contributed by atoms with Gasteiger partial charge in [0.2, 0.25) is 0 Å². The molecule has 5 aromatic rings. The van der Waals surface area contributed by atoms with Gasteiger partial charge in [-0.05, 0) is 29.7 Å². The highest BCUT2D eigenvalue weighted by atomic mass is 35.5. The smallest absolute Gasteiger partial charge is 0.332 e. The van der Waals surface area contributed by atoms with Gasteiger partial charge in [0.1, 0.15) is 11.1 Å². The number of imidazole rings is 1. The summed E-state index contributed by atoms with van der Waals surface area (Å²) >= 11 is 6.32. The van der Waals surface area contributed by atoms with E-state index in [9.17, 15) is 9.59 Å². The molecule has 1 aliphatic heterocycles. The van der Waals surface area contributed by atoms with E-state index in [1.54, 1.807) is 15.4 Å². The van der Waals surface area contributed by atoms with Gasteiger partial charge in [-0.25, -0.2) is 9.78 Å². The van der Waals surface area contributed by atoms with Gasteiger partial charge in [0.15, 0.2) is 11.5 Å². The van der Waals surface area contributed by atoms with Crippen LogP contribution in [0.15, 0.2) is 46.4 Å². The number of aryl methyl sites for hydroxylation is 1. The van der Waals surface area contributed by atoms with Crippen LogP contribution in [-0.4, -0.2) is 71.2 Å². The first-order valence-corrected chi connectivity index (χ1v) is 14.0. The molecule has 1 aromatic carbocycles. The maximum atomic E-state index is 14.2. The predicted octanol–water partition coefficient (Wildman–Crippen LogP) is 2.93. The van der Waals surface area contributed by atoms with Crippen LogP contribution in [0, 0.1) is 5.92 Å². The third kappa shape index (κ3) is 4.78. The van der Waals surface area contributed by atoms with Gasteiger partial charge in [-0.1, -0.05) is 25.4 Å². The molecule has 0 atom stereocenters. The molecule has 0 radical (unpaired) electrons. The van der Waals surface area contributed by atoms with Crippen molar-refractivity contribution in [2.24, 2.45) is 13.0 Å². The molecule has 0 saturated carbocycles. The van der Waals surface area contributed by atoms with Gasteiger partial charge in [-0.2, -0.15) is 5.10 Å². The number of hydrogen-bond donors (Lipinski definition) is 1. The van der Waals surface area contributed by atoms with E-state index in [0.29, 0.717) is 60.4 Å². The first kappa shape index (κ1) is 26.5. The molecule has 1 fully saturated rings. The molecule has 1 aliphatic rings. The van der Waals surface area contributed by atoms with Crippen molar-refractivity contribution >= 4 is 33.5 Å². The number of rotatable bonds is 8. The zero-order valence-corrected chi connectivity index (χ0v) is 23.7. The topological polar surface area (TPSA) is 108 Å². The molecule has 0 spiro atoms. The number of benzene rings is 1. The highest BCUT2D eigenvalue weighted by Crippen LogP contribution is 2.28. The number of aromatic amines is 1. The molecule has 0 aliphatic carbocycles. The molecule has 210 valence electrons. The van der Waals surface area contributed by atoms with E-state index >= 15 is 0 Å². The van der Waals surface area contributed by atoms with Gasteiger partial charge in [-0.15, -0.1) is 0 Å². The molecule has 0 unspecified atom stereocenters. The van der Waals surface area contributed by atoms with Crippen molar-refractivity contribution in [1.82, 2.24) is 38.3 Å². The van der Waals surface area contributed by atoms with Crippen molar-refractivity contribution in [2.45, 2.75) is 33.5 Å². The summed E-state index contributed by atoms with van der Waals surface area (Å²) in [6, 6.07) is 5.70. The standard InChI is InChI=1S/C28H33ClN8O3/c1-18(2)16-36-25-23(27(38)35(28(36)39)9-8-34-10-12-40-13-11-34)24(26-30-6-7-33(26)3)37(32-25)17-19-15-31-22-5-4-20(29)14-21(19)22/h4-7,14-15,18,31H,8-13,16-17H2,1-3H3. The summed E-state index contributed by atoms with van der Waals surface area (Å²) in [5.41, 5.74) is 2.19. The normalized spacial score (nSPS) is 14.7. The third-order valence-electron chi connectivity index (χ3n) is 7.48. The van der Waals surface area contributed by atoms with Crippen molar-refractivity contribution in [3.05, 3.63) is 68.2 Å². The minimum Gasteiger partial charge on any atom is -0.379 e. The number of nitrogens with zero attached hydrogens (tertiary/aromatic N) is 7. The fourth-order valence-corrected chi connectivity index (χ4v) is 5.64. The average Bonchev–Trinajstić information content (AvgIpc) is 3.64. The van der Waals surface area contributed by atoms with Gasteiger partial charge in [0, 0.05) is 74.3 Å². The minimum atomic E-state index is -0.348. The SMILES string of the molecule is CC(C)Cn1c(=O)n(CCN2CCOCC2)c(=O)c2c(-c3nccn3C)n(Cc3c[nH]c4ccc(Cl)cc34)nc21. The van der Waals surface area contributed by atoms with Crippen molar-refractivity contribution < 1.29 is 4.74 Å². The summed E-state index contributed by atoms with van der Waals surface area (Å²) in [6.45, 7) is 8.64. The molecule has 40 heavy (non-hydrogen) atoms. The lowest BCUT2D eigenvalue weighted by Crippen LogP contribution is -2.45. The summed E-state index contributed by atoms with van der Waals surface area (Å²) in [5, 5.41) is 6.93. The van der Waals surface area contributed by atoms with Crippen molar-refractivity contribution in [3.8, 4) is 11.5 Å². The fourth-order valence-electron chi connectivity index (χ4n) is 5.46. The number of fused-ring (bicyclic) bond motifs is 2. The van der Waals surface area contributed by atoms with Crippen LogP contribution in [0.4, 0.5) is 0 Å². The van der Waals surface area contributed by atoms with Crippen LogP contribution in [0.25, 0.3) is 33.5 Å². The zero-order chi connectivity index (χ0) is 28.0. The predicted molar refractivity (Wildman–Crippen MR) is 155 cm³/mol. The third-order valence-corrected chi connectivity index (χ3v) is 7.72. The second kappa shape index (κ2) is 10.7. The highest BCUT2D eigenvalue weighted by Gasteiger charge is 2.26. The monoisotopic (exact) mass is 564 g/mol. The Morgan fingerprint density at radius 1 is 1.12 bits per heavy atom. The molecule has 5 heterocycles. The van der Waals surface area contributed by atoms with E-state index < -0.39 is 0 Å². The van der Waals surface area contributed by atoms with E-state index in [4.69, 9.17) is 21.4 Å². The second-order valence-corrected chi connectivity index (χ2v) is 11.2. The molecular weight excluding hydrogens is 532 g/mol. The first-order chi connectivity index (χ1) is 19.3. The van der Waals surface area contributed by atoms with Crippen LogP contribution in [0.2, 0.25) is 5.02 Å². The number of ether oxygens (including phenoxy) is 1. The number of morpholine rings is 1. The van der Waals surface area contributed by atoms with E-state index in [2.05, 4.69) is 14.9 Å². The average molecular weight is 565 g/mol. The zero-order valence-electron chi connectivity index (χ0n) is 22.9. The fraction of sp³-hybridized carbons (Fsp3) is 0.429. The van der Waals surface area contributed by atoms with Crippen LogP contribution in [0.1, 0.15) is 19.4 Å². The van der Waals surface area contributed by atoms with Crippen molar-refractivity contribution in [1.29, 1.82) is 0 Å². The number of halogens is 1. The van der Waals surface area contributed by atoms with Crippen molar-refractivity contribution in [2.75, 3.05) is 32.8 Å². The van der Waals surface area contributed by atoms with Gasteiger partial charge in [-0.3, -0.25) is 23.5 Å². The Balaban J connectivity index is 1.56. The molecule has 0 amide bonds. The Kier molecular flexibility index (Phi) is 7.11. The van der Waals surface area contributed by atoms with Crippen LogP contribution in [0.5, 0.6) is 0 Å². The Morgan fingerprint density at radius 3 is 2.65 bits per heavy atom. The molecule has 0 bridgehead atoms. The van der Waals surface area contributed by atoms with Gasteiger partial charge < -0.3 is 14.3 Å². The summed E-state index contributed by atoms with van der Waals surface area (Å²) in [7, 11) is 1.89. The largest absolute Gasteiger partial charge is 0.379 e. The highest BCUT2D eigenvalue weighted by molar-refractivity contribution is 6.31. The molecule has 1 N–H and O–H groups in total. The molecule has 12 heteroatoms. The van der Waals surface area contributed by atoms with Crippen LogP contribution < -0.4 is 11.2 Å². The van der Waals surface area contributed by atoms with E-state index in [-0.39, 0.29) is 23.7 Å². The number of hydrogen-bond acceptors (Lipinski definition) is 6. The number of H-pyrrole nitrogens is 1. The Labute approximate surface area is 235 Å². The van der Waals surface area contributed by atoms with Crippen LogP contribution in [0.3, 0.4) is 0 Å².